The molecule has 0 radical (unpaired) electrons. The lowest BCUT2D eigenvalue weighted by Gasteiger charge is -2.10. The molecule has 0 atom stereocenters. The summed E-state index contributed by atoms with van der Waals surface area (Å²) in [4.78, 5) is 28.4. The van der Waals surface area contributed by atoms with Crippen LogP contribution in [0.2, 0.25) is 0 Å². The number of hydrogen-bond donors (Lipinski definition) is 2. The van der Waals surface area contributed by atoms with Gasteiger partial charge in [0.15, 0.2) is 6.61 Å². The Morgan fingerprint density at radius 3 is 2.62 bits per heavy atom. The number of hydrogen-bond acceptors (Lipinski definition) is 4. The third-order valence-electron chi connectivity index (χ3n) is 4.04. The molecule has 0 unspecified atom stereocenters. The number of carbonyl (C=O) groups is 2. The minimum Gasteiger partial charge on any atom is -0.484 e. The first-order chi connectivity index (χ1) is 12.5. The van der Waals surface area contributed by atoms with E-state index in [-0.39, 0.29) is 6.61 Å². The number of hydrazine groups is 1. The molecule has 0 saturated heterocycles. The van der Waals surface area contributed by atoms with Crippen molar-refractivity contribution in [1.29, 1.82) is 0 Å². The Hall–Kier alpha value is -3.41. The van der Waals surface area contributed by atoms with E-state index >= 15 is 0 Å². The standard InChI is InChI=1S/C20H19N3O3/c1-13-8-9-16(11-14(13)2)26-12-18(24)22-23-20(25)17-7-3-5-15-6-4-10-21-19(15)17/h3-11H,12H2,1-2H3,(H,22,24)(H,23,25). The van der Waals surface area contributed by atoms with Gasteiger partial charge in [-0.25, -0.2) is 0 Å². The Bertz CT molecular complexity index is 964. The number of rotatable bonds is 4. The van der Waals surface area contributed by atoms with Gasteiger partial charge in [-0.05, 0) is 49.2 Å². The summed E-state index contributed by atoms with van der Waals surface area (Å²) in [6, 6.07) is 14.6. The highest BCUT2D eigenvalue weighted by Gasteiger charge is 2.12. The van der Waals surface area contributed by atoms with Crippen LogP contribution in [0.5, 0.6) is 5.75 Å². The molecule has 0 saturated carbocycles. The molecule has 0 spiro atoms. The topological polar surface area (TPSA) is 80.3 Å². The second kappa shape index (κ2) is 7.65. The maximum atomic E-state index is 12.3. The summed E-state index contributed by atoms with van der Waals surface area (Å²) >= 11 is 0. The first-order valence-corrected chi connectivity index (χ1v) is 8.17. The Balaban J connectivity index is 1.57. The number of ether oxygens (including phenoxy) is 1. The van der Waals surface area contributed by atoms with Crippen molar-refractivity contribution in [3.8, 4) is 5.75 Å². The molecule has 2 amide bonds. The van der Waals surface area contributed by atoms with Gasteiger partial charge in [-0.15, -0.1) is 0 Å². The maximum absolute atomic E-state index is 12.3. The molecule has 0 bridgehead atoms. The van der Waals surface area contributed by atoms with Crippen LogP contribution in [-0.2, 0) is 4.79 Å². The Morgan fingerprint density at radius 1 is 1.00 bits per heavy atom. The Morgan fingerprint density at radius 2 is 1.81 bits per heavy atom. The number of benzene rings is 2. The van der Waals surface area contributed by atoms with Crippen molar-refractivity contribution in [2.24, 2.45) is 0 Å². The summed E-state index contributed by atoms with van der Waals surface area (Å²) < 4.78 is 5.44. The zero-order valence-corrected chi connectivity index (χ0v) is 14.6. The molecular weight excluding hydrogens is 330 g/mol. The van der Waals surface area contributed by atoms with E-state index in [0.717, 1.165) is 16.5 Å². The molecular formula is C20H19N3O3. The maximum Gasteiger partial charge on any atom is 0.276 e. The lowest BCUT2D eigenvalue weighted by atomic mass is 10.1. The van der Waals surface area contributed by atoms with Gasteiger partial charge in [0.25, 0.3) is 11.8 Å². The van der Waals surface area contributed by atoms with Crippen molar-refractivity contribution >= 4 is 22.7 Å². The number of para-hydroxylation sites is 1. The van der Waals surface area contributed by atoms with E-state index < -0.39 is 11.8 Å². The number of fused-ring (bicyclic) bond motifs is 1. The molecule has 1 heterocycles. The lowest BCUT2D eigenvalue weighted by molar-refractivity contribution is -0.123. The van der Waals surface area contributed by atoms with Gasteiger partial charge in [-0.3, -0.25) is 25.4 Å². The zero-order valence-electron chi connectivity index (χ0n) is 14.6. The van der Waals surface area contributed by atoms with Crippen LogP contribution in [-0.4, -0.2) is 23.4 Å². The van der Waals surface area contributed by atoms with E-state index in [1.165, 1.54) is 0 Å². The number of nitrogens with one attached hydrogen (secondary N) is 2. The average Bonchev–Trinajstić information content (AvgIpc) is 2.66. The highest BCUT2D eigenvalue weighted by Crippen LogP contribution is 2.16. The predicted octanol–water partition coefficient (Wildman–Crippen LogP) is 2.69. The zero-order chi connectivity index (χ0) is 18.5. The first-order valence-electron chi connectivity index (χ1n) is 8.17. The molecule has 0 fully saturated rings. The quantitative estimate of drug-likeness (QED) is 0.710. The van der Waals surface area contributed by atoms with E-state index in [1.54, 1.807) is 30.5 Å². The number of carbonyl (C=O) groups excluding carboxylic acids is 2. The van der Waals surface area contributed by atoms with Crippen molar-refractivity contribution in [2.75, 3.05) is 6.61 Å². The van der Waals surface area contributed by atoms with Gasteiger partial charge in [-0.2, -0.15) is 0 Å². The molecule has 0 aliphatic heterocycles. The molecule has 2 N–H and O–H groups in total. The molecule has 3 rings (SSSR count). The van der Waals surface area contributed by atoms with Gasteiger partial charge in [0.05, 0.1) is 11.1 Å². The molecule has 3 aromatic rings. The van der Waals surface area contributed by atoms with E-state index in [1.807, 2.05) is 38.1 Å². The van der Waals surface area contributed by atoms with Crippen molar-refractivity contribution < 1.29 is 14.3 Å². The highest BCUT2D eigenvalue weighted by atomic mass is 16.5. The SMILES string of the molecule is Cc1ccc(OCC(=O)NNC(=O)c2cccc3cccnc23)cc1C. The summed E-state index contributed by atoms with van der Waals surface area (Å²) in [5.74, 6) is -0.286. The van der Waals surface area contributed by atoms with Crippen LogP contribution in [0.4, 0.5) is 0 Å². The van der Waals surface area contributed by atoms with E-state index in [9.17, 15) is 9.59 Å². The molecule has 132 valence electrons. The number of aromatic nitrogens is 1. The molecule has 1 aromatic heterocycles. The summed E-state index contributed by atoms with van der Waals surface area (Å²) in [6.45, 7) is 3.78. The van der Waals surface area contributed by atoms with Crippen molar-refractivity contribution in [3.63, 3.8) is 0 Å². The van der Waals surface area contributed by atoms with Crippen LogP contribution >= 0.6 is 0 Å². The van der Waals surface area contributed by atoms with Crippen molar-refractivity contribution in [2.45, 2.75) is 13.8 Å². The molecule has 2 aromatic carbocycles. The molecule has 0 aliphatic rings. The number of nitrogens with zero attached hydrogens (tertiary/aromatic N) is 1. The van der Waals surface area contributed by atoms with Crippen LogP contribution in [0.3, 0.4) is 0 Å². The minimum atomic E-state index is -0.454. The van der Waals surface area contributed by atoms with Crippen LogP contribution in [0, 0.1) is 13.8 Å². The largest absolute Gasteiger partial charge is 0.484 e. The van der Waals surface area contributed by atoms with E-state index in [0.29, 0.717) is 16.8 Å². The van der Waals surface area contributed by atoms with Crippen LogP contribution in [0.25, 0.3) is 10.9 Å². The van der Waals surface area contributed by atoms with Gasteiger partial charge >= 0.3 is 0 Å². The fourth-order valence-electron chi connectivity index (χ4n) is 2.47. The second-order valence-corrected chi connectivity index (χ2v) is 5.92. The highest BCUT2D eigenvalue weighted by molar-refractivity contribution is 6.05. The summed E-state index contributed by atoms with van der Waals surface area (Å²) in [5, 5.41) is 0.851. The van der Waals surface area contributed by atoms with Gasteiger partial charge in [0.2, 0.25) is 0 Å². The predicted molar refractivity (Wildman–Crippen MR) is 98.8 cm³/mol. The lowest BCUT2D eigenvalue weighted by Crippen LogP contribution is -2.43. The smallest absolute Gasteiger partial charge is 0.276 e. The fourth-order valence-corrected chi connectivity index (χ4v) is 2.47. The molecule has 26 heavy (non-hydrogen) atoms. The van der Waals surface area contributed by atoms with Crippen LogP contribution in [0.1, 0.15) is 21.5 Å². The average molecular weight is 349 g/mol. The van der Waals surface area contributed by atoms with Crippen molar-refractivity contribution in [1.82, 2.24) is 15.8 Å². The number of pyridine rings is 1. The second-order valence-electron chi connectivity index (χ2n) is 5.92. The van der Waals surface area contributed by atoms with Crippen molar-refractivity contribution in [3.05, 3.63) is 71.4 Å². The van der Waals surface area contributed by atoms with Gasteiger partial charge < -0.3 is 4.74 Å². The van der Waals surface area contributed by atoms with Gasteiger partial charge in [-0.1, -0.05) is 24.3 Å². The van der Waals surface area contributed by atoms with Gasteiger partial charge in [0, 0.05) is 11.6 Å². The Kier molecular flexibility index (Phi) is 5.12. The number of amides is 2. The summed E-state index contributed by atoms with van der Waals surface area (Å²) in [7, 11) is 0. The molecule has 6 nitrogen and oxygen atoms in total. The van der Waals surface area contributed by atoms with Gasteiger partial charge in [0.1, 0.15) is 5.75 Å². The monoisotopic (exact) mass is 349 g/mol. The van der Waals surface area contributed by atoms with E-state index in [2.05, 4.69) is 15.8 Å². The molecule has 6 heteroatoms. The summed E-state index contributed by atoms with van der Waals surface area (Å²) in [6.07, 6.45) is 1.62. The summed E-state index contributed by atoms with van der Waals surface area (Å²) in [5.41, 5.74) is 7.94. The third-order valence-corrected chi connectivity index (χ3v) is 4.04. The number of aryl methyl sites for hydroxylation is 2. The first kappa shape index (κ1) is 17.4. The Labute approximate surface area is 151 Å². The van der Waals surface area contributed by atoms with Crippen LogP contribution < -0.4 is 15.6 Å². The minimum absolute atomic E-state index is 0.198. The fraction of sp³-hybridized carbons (Fsp3) is 0.150. The molecule has 0 aliphatic carbocycles. The van der Waals surface area contributed by atoms with Crippen LogP contribution in [0.15, 0.2) is 54.7 Å². The van der Waals surface area contributed by atoms with E-state index in [4.69, 9.17) is 4.74 Å². The normalized spacial score (nSPS) is 10.4. The third kappa shape index (κ3) is 3.97.